The minimum Gasteiger partial charge on any atom is -0.0721 e. The van der Waals surface area contributed by atoms with Crippen molar-refractivity contribution in [3.05, 3.63) is 102 Å². The zero-order valence-corrected chi connectivity index (χ0v) is 23.0. The number of benzene rings is 4. The average molecular weight is 658 g/mol. The molecule has 0 nitrogen and oxygen atoms in total. The first kappa shape index (κ1) is 21.8. The van der Waals surface area contributed by atoms with Crippen molar-refractivity contribution < 1.29 is 0 Å². The van der Waals surface area contributed by atoms with Crippen molar-refractivity contribution in [2.45, 2.75) is 6.92 Å². The van der Waals surface area contributed by atoms with E-state index in [0.29, 0.717) is 0 Å². The van der Waals surface area contributed by atoms with E-state index in [9.17, 15) is 0 Å². The molecule has 0 saturated heterocycles. The van der Waals surface area contributed by atoms with Crippen molar-refractivity contribution in [2.75, 3.05) is 0 Å². The second kappa shape index (κ2) is 8.70. The first-order valence-electron chi connectivity index (χ1n) is 10.0. The zero-order chi connectivity index (χ0) is 21.7. The van der Waals surface area contributed by atoms with E-state index >= 15 is 0 Å². The normalized spacial score (nSPS) is 12.5. The number of fused-ring (bicyclic) bond motifs is 2. The number of aryl methyl sites for hydroxylation is 1. The first-order valence-corrected chi connectivity index (χ1v) is 13.2. The molecule has 0 N–H and O–H groups in total. The van der Waals surface area contributed by atoms with Gasteiger partial charge in [0.15, 0.2) is 0 Å². The van der Waals surface area contributed by atoms with Crippen LogP contribution in [0, 0.1) is 6.92 Å². The Bertz CT molecular complexity index is 1320. The van der Waals surface area contributed by atoms with E-state index in [4.69, 9.17) is 0 Å². The Morgan fingerprint density at radius 3 is 1.52 bits per heavy atom. The Kier molecular flexibility index (Phi) is 6.11. The van der Waals surface area contributed by atoms with Crippen molar-refractivity contribution in [2.24, 2.45) is 0 Å². The molecular formula is C25H16B2Br4. The standard InChI is InChI=1S/C25H16B2Br4/c1-15-12-13-17(23(31)14-15)27-19-8-5-10-21(29)24(19)26(16-6-2-3-9-20(16)28)18-7-4-11-22(30)25(18)27/h2-14H,1H3. The topological polar surface area (TPSA) is 0 Å². The fourth-order valence-electron chi connectivity index (χ4n) is 4.75. The molecule has 31 heavy (non-hydrogen) atoms. The number of hydrogen-bond donors (Lipinski definition) is 0. The monoisotopic (exact) mass is 654 g/mol. The van der Waals surface area contributed by atoms with Gasteiger partial charge in [-0.1, -0.05) is 157 Å². The molecule has 0 aromatic heterocycles. The summed E-state index contributed by atoms with van der Waals surface area (Å²) in [4.78, 5) is 0. The van der Waals surface area contributed by atoms with Crippen LogP contribution < -0.4 is 32.8 Å². The van der Waals surface area contributed by atoms with Crippen LogP contribution in [-0.4, -0.2) is 13.4 Å². The maximum absolute atomic E-state index is 3.91. The fraction of sp³-hybridized carbons (Fsp3) is 0.0400. The molecule has 5 rings (SSSR count). The van der Waals surface area contributed by atoms with Gasteiger partial charge >= 0.3 is 0 Å². The van der Waals surface area contributed by atoms with Crippen LogP contribution >= 0.6 is 63.7 Å². The number of rotatable bonds is 2. The fourth-order valence-corrected chi connectivity index (χ4v) is 7.21. The SMILES string of the molecule is Cc1ccc(B2c3cccc(Br)c3B(c3ccccc3Br)c3cccc(Br)c32)c(Br)c1. The van der Waals surface area contributed by atoms with Crippen molar-refractivity contribution in [3.63, 3.8) is 0 Å². The highest BCUT2D eigenvalue weighted by atomic mass is 79.9. The van der Waals surface area contributed by atoms with Gasteiger partial charge in [0.2, 0.25) is 13.4 Å². The smallest absolute Gasteiger partial charge is 0.0721 e. The molecule has 0 bridgehead atoms. The lowest BCUT2D eigenvalue weighted by Gasteiger charge is -2.34. The summed E-state index contributed by atoms with van der Waals surface area (Å²) in [7, 11) is 0. The predicted octanol–water partition coefficient (Wildman–Crippen LogP) is 4.39. The number of hydrogen-bond acceptors (Lipinski definition) is 0. The number of halogens is 4. The molecule has 0 amide bonds. The van der Waals surface area contributed by atoms with E-state index in [0.717, 1.165) is 17.9 Å². The van der Waals surface area contributed by atoms with E-state index in [-0.39, 0.29) is 13.4 Å². The van der Waals surface area contributed by atoms with Gasteiger partial charge in [-0.15, -0.1) is 0 Å². The van der Waals surface area contributed by atoms with Gasteiger partial charge in [-0.05, 0) is 31.2 Å². The zero-order valence-electron chi connectivity index (χ0n) is 16.7. The van der Waals surface area contributed by atoms with Crippen LogP contribution in [0.25, 0.3) is 0 Å². The third kappa shape index (κ3) is 3.74. The van der Waals surface area contributed by atoms with E-state index in [1.54, 1.807) is 0 Å². The quantitative estimate of drug-likeness (QED) is 0.247. The highest BCUT2D eigenvalue weighted by Crippen LogP contribution is 2.18. The molecule has 0 fully saturated rings. The minimum atomic E-state index is 0.131. The van der Waals surface area contributed by atoms with E-state index in [1.165, 1.54) is 38.3 Å². The molecule has 0 radical (unpaired) electrons. The third-order valence-electron chi connectivity index (χ3n) is 6.06. The molecule has 4 aromatic rings. The summed E-state index contributed by atoms with van der Waals surface area (Å²) in [5.74, 6) is 0. The van der Waals surface area contributed by atoms with Gasteiger partial charge < -0.3 is 0 Å². The van der Waals surface area contributed by atoms with Gasteiger partial charge in [-0.2, -0.15) is 0 Å². The summed E-state index contributed by atoms with van der Waals surface area (Å²) >= 11 is 15.5. The second-order valence-corrected chi connectivity index (χ2v) is 11.3. The van der Waals surface area contributed by atoms with E-state index in [2.05, 4.69) is 150 Å². The lowest BCUT2D eigenvalue weighted by molar-refractivity contribution is 1.47. The Balaban J connectivity index is 1.89. The van der Waals surface area contributed by atoms with Crippen LogP contribution in [0.4, 0.5) is 0 Å². The minimum absolute atomic E-state index is 0.131. The molecule has 1 heterocycles. The van der Waals surface area contributed by atoms with E-state index in [1.807, 2.05) is 0 Å². The average Bonchev–Trinajstić information content (AvgIpc) is 2.74. The lowest BCUT2D eigenvalue weighted by atomic mass is 9.21. The van der Waals surface area contributed by atoms with Crippen molar-refractivity contribution >= 4 is 110 Å². The van der Waals surface area contributed by atoms with Crippen LogP contribution in [0.3, 0.4) is 0 Å². The summed E-state index contributed by atoms with van der Waals surface area (Å²) in [5.41, 5.74) is 9.13. The van der Waals surface area contributed by atoms with Gasteiger partial charge in [0.25, 0.3) is 0 Å². The molecule has 1 aliphatic heterocycles. The Morgan fingerprint density at radius 1 is 0.484 bits per heavy atom. The molecule has 0 unspecified atom stereocenters. The molecule has 0 saturated carbocycles. The molecule has 150 valence electrons. The predicted molar refractivity (Wildman–Crippen MR) is 151 cm³/mol. The molecule has 4 aromatic carbocycles. The van der Waals surface area contributed by atoms with Gasteiger partial charge in [-0.25, -0.2) is 0 Å². The van der Waals surface area contributed by atoms with Gasteiger partial charge in [0.1, 0.15) is 0 Å². The van der Waals surface area contributed by atoms with Crippen LogP contribution in [0.1, 0.15) is 5.56 Å². The third-order valence-corrected chi connectivity index (χ3v) is 8.85. The Morgan fingerprint density at radius 2 is 0.968 bits per heavy atom. The summed E-state index contributed by atoms with van der Waals surface area (Å²) in [6.45, 7) is 2.40. The first-order chi connectivity index (χ1) is 15.0. The second-order valence-electron chi connectivity index (χ2n) is 7.90. The molecule has 0 aliphatic carbocycles. The van der Waals surface area contributed by atoms with E-state index < -0.39 is 0 Å². The maximum Gasteiger partial charge on any atom is 0.242 e. The summed E-state index contributed by atoms with van der Waals surface area (Å²) in [6.07, 6.45) is 0. The van der Waals surface area contributed by atoms with Crippen molar-refractivity contribution in [1.29, 1.82) is 0 Å². The molecular weight excluding hydrogens is 642 g/mol. The Hall–Kier alpha value is -1.07. The van der Waals surface area contributed by atoms with Crippen LogP contribution in [0.2, 0.25) is 0 Å². The summed E-state index contributed by atoms with van der Waals surface area (Å²) in [5, 5.41) is 0. The van der Waals surface area contributed by atoms with Gasteiger partial charge in [0.05, 0.1) is 0 Å². The van der Waals surface area contributed by atoms with Gasteiger partial charge in [-0.3, -0.25) is 0 Å². The maximum atomic E-state index is 3.91. The Labute approximate surface area is 217 Å². The molecule has 1 aliphatic rings. The highest BCUT2D eigenvalue weighted by Gasteiger charge is 2.41. The summed E-state index contributed by atoms with van der Waals surface area (Å²) in [6, 6.07) is 28.4. The molecule has 0 atom stereocenters. The molecule has 0 spiro atoms. The van der Waals surface area contributed by atoms with Crippen LogP contribution in [0.15, 0.2) is 96.8 Å². The van der Waals surface area contributed by atoms with Crippen LogP contribution in [0.5, 0.6) is 0 Å². The summed E-state index contributed by atoms with van der Waals surface area (Å²) < 4.78 is 4.56. The van der Waals surface area contributed by atoms with Gasteiger partial charge in [0, 0.05) is 17.9 Å². The lowest BCUT2D eigenvalue weighted by Crippen LogP contribution is -2.75. The van der Waals surface area contributed by atoms with Crippen molar-refractivity contribution in [3.8, 4) is 0 Å². The largest absolute Gasteiger partial charge is 0.242 e. The van der Waals surface area contributed by atoms with Crippen LogP contribution in [-0.2, 0) is 0 Å². The van der Waals surface area contributed by atoms with Crippen molar-refractivity contribution in [1.82, 2.24) is 0 Å². The molecule has 6 heteroatoms. The highest BCUT2D eigenvalue weighted by molar-refractivity contribution is 9.11.